The predicted octanol–water partition coefficient (Wildman–Crippen LogP) is -1.07. The zero-order chi connectivity index (χ0) is 6.69. The molecule has 0 bridgehead atoms. The van der Waals surface area contributed by atoms with Crippen LogP contribution in [0.5, 0.6) is 0 Å². The zero-order valence-electron chi connectivity index (χ0n) is 5.72. The van der Waals surface area contributed by atoms with Gasteiger partial charge in [0.25, 0.3) is 0 Å². The lowest BCUT2D eigenvalue weighted by Crippen LogP contribution is -2.56. The summed E-state index contributed by atoms with van der Waals surface area (Å²) in [6.07, 6.45) is 0. The van der Waals surface area contributed by atoms with Crippen molar-refractivity contribution < 1.29 is 5.11 Å². The van der Waals surface area contributed by atoms with E-state index >= 15 is 0 Å². The Balaban J connectivity index is 2.30. The van der Waals surface area contributed by atoms with Crippen LogP contribution in [0.25, 0.3) is 0 Å². The molecule has 1 heterocycles. The molecule has 0 aromatic heterocycles. The molecular formula is C6H14N2O. The minimum absolute atomic E-state index is 0.230. The highest BCUT2D eigenvalue weighted by Gasteiger charge is 2.17. The van der Waals surface area contributed by atoms with E-state index < -0.39 is 0 Å². The number of hydrogen-bond acceptors (Lipinski definition) is 3. The molecule has 3 heteroatoms. The van der Waals surface area contributed by atoms with Crippen LogP contribution < -0.4 is 10.6 Å². The average molecular weight is 130 g/mol. The molecule has 1 rings (SSSR count). The summed E-state index contributed by atoms with van der Waals surface area (Å²) >= 11 is 0. The zero-order valence-corrected chi connectivity index (χ0v) is 5.72. The predicted molar refractivity (Wildman–Crippen MR) is 36.3 cm³/mol. The third-order valence-corrected chi connectivity index (χ3v) is 1.80. The fraction of sp³-hybridized carbons (Fsp3) is 1.00. The average Bonchev–Trinajstić information content (AvgIpc) is 1.89. The number of aliphatic hydroxyl groups is 1. The molecule has 1 saturated heterocycles. The quantitative estimate of drug-likeness (QED) is 0.423. The van der Waals surface area contributed by atoms with Crippen molar-refractivity contribution in [1.29, 1.82) is 0 Å². The van der Waals surface area contributed by atoms with Gasteiger partial charge in [-0.1, -0.05) is 0 Å². The van der Waals surface area contributed by atoms with Gasteiger partial charge in [0.15, 0.2) is 0 Å². The molecule has 2 atom stereocenters. The van der Waals surface area contributed by atoms with Crippen LogP contribution in [-0.2, 0) is 0 Å². The van der Waals surface area contributed by atoms with Crippen LogP contribution in [0, 0.1) is 0 Å². The van der Waals surface area contributed by atoms with E-state index in [0.717, 1.165) is 13.1 Å². The molecule has 0 spiro atoms. The normalized spacial score (nSPS) is 36.7. The Morgan fingerprint density at radius 3 is 2.56 bits per heavy atom. The van der Waals surface area contributed by atoms with Crippen LogP contribution in [-0.4, -0.2) is 36.9 Å². The summed E-state index contributed by atoms with van der Waals surface area (Å²) in [5, 5.41) is 15.2. The lowest BCUT2D eigenvalue weighted by Gasteiger charge is -2.29. The first-order valence-electron chi connectivity index (χ1n) is 3.42. The lowest BCUT2D eigenvalue weighted by atomic mass is 10.1. The van der Waals surface area contributed by atoms with Gasteiger partial charge in [-0.3, -0.25) is 0 Å². The Labute approximate surface area is 55.5 Å². The molecular weight excluding hydrogens is 116 g/mol. The molecule has 9 heavy (non-hydrogen) atoms. The number of nitrogens with one attached hydrogen (secondary N) is 2. The number of aliphatic hydroxyl groups excluding tert-OH is 1. The van der Waals surface area contributed by atoms with Crippen LogP contribution in [0.2, 0.25) is 0 Å². The fourth-order valence-electron chi connectivity index (χ4n) is 1.10. The number of hydrogen-bond donors (Lipinski definition) is 3. The maximum atomic E-state index is 8.76. The Bertz CT molecular complexity index is 87.1. The van der Waals surface area contributed by atoms with Gasteiger partial charge in [-0.15, -0.1) is 0 Å². The standard InChI is InChI=1S/C6H14N2O/c1-5-6(4-9)8-3-2-7-5/h5-9H,2-4H2,1H3. The third-order valence-electron chi connectivity index (χ3n) is 1.80. The van der Waals surface area contributed by atoms with E-state index in [1.165, 1.54) is 0 Å². The van der Waals surface area contributed by atoms with Crippen molar-refractivity contribution in [3.8, 4) is 0 Å². The molecule has 1 fully saturated rings. The van der Waals surface area contributed by atoms with E-state index in [1.807, 2.05) is 0 Å². The summed E-state index contributed by atoms with van der Waals surface area (Å²) < 4.78 is 0. The van der Waals surface area contributed by atoms with Crippen LogP contribution in [0.3, 0.4) is 0 Å². The van der Waals surface area contributed by atoms with Crippen LogP contribution in [0.4, 0.5) is 0 Å². The van der Waals surface area contributed by atoms with E-state index in [1.54, 1.807) is 0 Å². The molecule has 0 radical (unpaired) electrons. The minimum atomic E-state index is 0.230. The second-order valence-corrected chi connectivity index (χ2v) is 2.49. The maximum absolute atomic E-state index is 8.76. The Kier molecular flexibility index (Phi) is 2.45. The number of piperazine rings is 1. The SMILES string of the molecule is CC1NCCNC1CO. The highest BCUT2D eigenvalue weighted by atomic mass is 16.3. The van der Waals surface area contributed by atoms with Crippen LogP contribution in [0.15, 0.2) is 0 Å². The molecule has 2 unspecified atom stereocenters. The third kappa shape index (κ3) is 1.64. The van der Waals surface area contributed by atoms with Gasteiger partial charge in [0.05, 0.1) is 6.61 Å². The van der Waals surface area contributed by atoms with Crippen LogP contribution >= 0.6 is 0 Å². The molecule has 0 saturated carbocycles. The molecule has 0 aromatic carbocycles. The van der Waals surface area contributed by atoms with Gasteiger partial charge < -0.3 is 15.7 Å². The van der Waals surface area contributed by atoms with Gasteiger partial charge >= 0.3 is 0 Å². The molecule has 3 nitrogen and oxygen atoms in total. The van der Waals surface area contributed by atoms with Gasteiger partial charge in [-0.25, -0.2) is 0 Å². The van der Waals surface area contributed by atoms with Gasteiger partial charge in [-0.2, -0.15) is 0 Å². The van der Waals surface area contributed by atoms with E-state index in [4.69, 9.17) is 5.11 Å². The van der Waals surface area contributed by atoms with Gasteiger partial charge in [0, 0.05) is 25.2 Å². The molecule has 1 aliphatic rings. The van der Waals surface area contributed by atoms with E-state index in [0.29, 0.717) is 6.04 Å². The summed E-state index contributed by atoms with van der Waals surface area (Å²) in [5.74, 6) is 0. The van der Waals surface area contributed by atoms with Crippen molar-refractivity contribution in [2.45, 2.75) is 19.0 Å². The second-order valence-electron chi connectivity index (χ2n) is 2.49. The lowest BCUT2D eigenvalue weighted by molar-refractivity contribution is 0.199. The second kappa shape index (κ2) is 3.15. The molecule has 0 aromatic rings. The van der Waals surface area contributed by atoms with Gasteiger partial charge in [-0.05, 0) is 6.92 Å². The molecule has 0 amide bonds. The Morgan fingerprint density at radius 1 is 1.44 bits per heavy atom. The summed E-state index contributed by atoms with van der Waals surface area (Å²) in [6.45, 7) is 4.29. The van der Waals surface area contributed by atoms with Crippen molar-refractivity contribution >= 4 is 0 Å². The first-order valence-corrected chi connectivity index (χ1v) is 3.42. The largest absolute Gasteiger partial charge is 0.395 e. The maximum Gasteiger partial charge on any atom is 0.0599 e. The van der Waals surface area contributed by atoms with Crippen LogP contribution in [0.1, 0.15) is 6.92 Å². The van der Waals surface area contributed by atoms with Crippen molar-refractivity contribution in [2.24, 2.45) is 0 Å². The van der Waals surface area contributed by atoms with Gasteiger partial charge in [0.1, 0.15) is 0 Å². The topological polar surface area (TPSA) is 44.3 Å². The minimum Gasteiger partial charge on any atom is -0.395 e. The first kappa shape index (κ1) is 6.99. The summed E-state index contributed by atoms with van der Waals surface area (Å²) in [7, 11) is 0. The van der Waals surface area contributed by atoms with E-state index in [2.05, 4.69) is 17.6 Å². The Hall–Kier alpha value is -0.120. The molecule has 54 valence electrons. The summed E-state index contributed by atoms with van der Waals surface area (Å²) in [4.78, 5) is 0. The van der Waals surface area contributed by atoms with Crippen molar-refractivity contribution in [3.63, 3.8) is 0 Å². The van der Waals surface area contributed by atoms with E-state index in [9.17, 15) is 0 Å². The number of rotatable bonds is 1. The van der Waals surface area contributed by atoms with E-state index in [-0.39, 0.29) is 12.6 Å². The summed E-state index contributed by atoms with van der Waals surface area (Å²) in [5.41, 5.74) is 0. The summed E-state index contributed by atoms with van der Waals surface area (Å²) in [6, 6.07) is 0.655. The van der Waals surface area contributed by atoms with Crippen molar-refractivity contribution in [2.75, 3.05) is 19.7 Å². The van der Waals surface area contributed by atoms with Gasteiger partial charge in [0.2, 0.25) is 0 Å². The van der Waals surface area contributed by atoms with Crippen molar-refractivity contribution in [3.05, 3.63) is 0 Å². The Morgan fingerprint density at radius 2 is 2.11 bits per heavy atom. The molecule has 3 N–H and O–H groups in total. The first-order chi connectivity index (χ1) is 4.34. The highest BCUT2D eigenvalue weighted by Crippen LogP contribution is 1.94. The molecule has 1 aliphatic heterocycles. The molecule has 0 aliphatic carbocycles. The highest BCUT2D eigenvalue weighted by molar-refractivity contribution is 4.82. The van der Waals surface area contributed by atoms with Crippen molar-refractivity contribution in [1.82, 2.24) is 10.6 Å². The monoisotopic (exact) mass is 130 g/mol. The fourth-order valence-corrected chi connectivity index (χ4v) is 1.10. The smallest absolute Gasteiger partial charge is 0.0599 e.